The Morgan fingerprint density at radius 3 is 2.83 bits per heavy atom. The van der Waals surface area contributed by atoms with Crippen molar-refractivity contribution in [1.29, 1.82) is 0 Å². The zero-order valence-corrected chi connectivity index (χ0v) is 16.6. The molecule has 2 amide bonds. The summed E-state index contributed by atoms with van der Waals surface area (Å²) in [6.07, 6.45) is 5.03. The number of carbonyl (C=O) groups excluding carboxylic acids is 2. The Morgan fingerprint density at radius 1 is 1.24 bits per heavy atom. The second-order valence-corrected chi connectivity index (χ2v) is 7.72. The lowest BCUT2D eigenvalue weighted by atomic mass is 10.2. The Balaban J connectivity index is 1.50. The van der Waals surface area contributed by atoms with Crippen LogP contribution in [0.5, 0.6) is 5.75 Å². The molecule has 1 aromatic heterocycles. The number of ether oxygens (including phenoxy) is 2. The number of methoxy groups -OCH3 is 1. The van der Waals surface area contributed by atoms with E-state index in [1.807, 2.05) is 24.3 Å². The molecule has 2 fully saturated rings. The van der Waals surface area contributed by atoms with Crippen LogP contribution in [0.1, 0.15) is 28.8 Å². The number of carbonyl (C=O) groups is 2. The summed E-state index contributed by atoms with van der Waals surface area (Å²) in [5.41, 5.74) is 1.42. The van der Waals surface area contributed by atoms with Gasteiger partial charge in [0, 0.05) is 26.2 Å². The predicted octanol–water partition coefficient (Wildman–Crippen LogP) is 2.57. The summed E-state index contributed by atoms with van der Waals surface area (Å²) in [7, 11) is 1.62. The van der Waals surface area contributed by atoms with Crippen LogP contribution in [0.3, 0.4) is 0 Å². The number of amides is 2. The lowest BCUT2D eigenvalue weighted by Gasteiger charge is -2.25. The topological polar surface area (TPSA) is 72.2 Å². The van der Waals surface area contributed by atoms with Crippen LogP contribution in [-0.4, -0.2) is 61.1 Å². The normalized spacial score (nSPS) is 19.9. The molecule has 154 valence electrons. The molecule has 1 atom stereocenters. The third-order valence-electron chi connectivity index (χ3n) is 5.35. The van der Waals surface area contributed by atoms with Gasteiger partial charge in [0.05, 0.1) is 25.0 Å². The molecule has 7 nitrogen and oxygen atoms in total. The van der Waals surface area contributed by atoms with Gasteiger partial charge in [0.15, 0.2) is 0 Å². The molecule has 0 spiro atoms. The SMILES string of the molecule is COc1cccc(CN2CC(OCC3CC3)CN(C(=O)c3ccoc3)CC2=O)c1. The average Bonchev–Trinajstić information content (AvgIpc) is 3.43. The molecule has 1 saturated carbocycles. The lowest BCUT2D eigenvalue weighted by Crippen LogP contribution is -2.39. The highest BCUT2D eigenvalue weighted by Gasteiger charge is 2.33. The number of rotatable bonds is 7. The molecular weight excluding hydrogens is 372 g/mol. The minimum atomic E-state index is -0.219. The van der Waals surface area contributed by atoms with Gasteiger partial charge in [-0.25, -0.2) is 0 Å². The van der Waals surface area contributed by atoms with Gasteiger partial charge in [-0.05, 0) is 42.5 Å². The first-order valence-electron chi connectivity index (χ1n) is 9.96. The maximum absolute atomic E-state index is 13.0. The van der Waals surface area contributed by atoms with E-state index in [2.05, 4.69) is 0 Å². The minimum absolute atomic E-state index is 0.0251. The molecular formula is C22H26N2O5. The minimum Gasteiger partial charge on any atom is -0.497 e. The summed E-state index contributed by atoms with van der Waals surface area (Å²) in [5, 5.41) is 0. The molecule has 29 heavy (non-hydrogen) atoms. The quantitative estimate of drug-likeness (QED) is 0.717. The molecule has 0 radical (unpaired) electrons. The third-order valence-corrected chi connectivity index (χ3v) is 5.35. The van der Waals surface area contributed by atoms with Gasteiger partial charge < -0.3 is 23.7 Å². The number of furan rings is 1. The highest BCUT2D eigenvalue weighted by molar-refractivity contribution is 5.96. The fourth-order valence-corrected chi connectivity index (χ4v) is 3.51. The van der Waals surface area contributed by atoms with Crippen LogP contribution < -0.4 is 4.74 Å². The van der Waals surface area contributed by atoms with Gasteiger partial charge in [-0.3, -0.25) is 9.59 Å². The van der Waals surface area contributed by atoms with Gasteiger partial charge >= 0.3 is 0 Å². The maximum Gasteiger partial charge on any atom is 0.257 e. The molecule has 1 aliphatic heterocycles. The molecule has 4 rings (SSSR count). The van der Waals surface area contributed by atoms with Gasteiger partial charge in [0.25, 0.3) is 5.91 Å². The van der Waals surface area contributed by atoms with Crippen molar-refractivity contribution >= 4 is 11.8 Å². The first-order chi connectivity index (χ1) is 14.1. The van der Waals surface area contributed by atoms with Gasteiger partial charge in [0.1, 0.15) is 18.6 Å². The number of nitrogens with zero attached hydrogens (tertiary/aromatic N) is 2. The van der Waals surface area contributed by atoms with Crippen LogP contribution in [0, 0.1) is 5.92 Å². The predicted molar refractivity (Wildman–Crippen MR) is 105 cm³/mol. The Bertz CT molecular complexity index is 847. The zero-order valence-electron chi connectivity index (χ0n) is 16.6. The zero-order chi connectivity index (χ0) is 20.2. The Morgan fingerprint density at radius 2 is 2.10 bits per heavy atom. The Kier molecular flexibility index (Phi) is 5.85. The number of hydrogen-bond donors (Lipinski definition) is 0. The van der Waals surface area contributed by atoms with E-state index in [9.17, 15) is 9.59 Å². The summed E-state index contributed by atoms with van der Waals surface area (Å²) >= 11 is 0. The fraction of sp³-hybridized carbons (Fsp3) is 0.455. The van der Waals surface area contributed by atoms with E-state index in [0.29, 0.717) is 37.7 Å². The van der Waals surface area contributed by atoms with E-state index in [4.69, 9.17) is 13.9 Å². The molecule has 0 N–H and O–H groups in total. The molecule has 1 saturated heterocycles. The van der Waals surface area contributed by atoms with E-state index in [-0.39, 0.29) is 24.5 Å². The highest BCUT2D eigenvalue weighted by Crippen LogP contribution is 2.29. The summed E-state index contributed by atoms with van der Waals surface area (Å²) in [5.74, 6) is 1.06. The van der Waals surface area contributed by atoms with Crippen LogP contribution in [-0.2, 0) is 16.1 Å². The van der Waals surface area contributed by atoms with E-state index in [1.54, 1.807) is 23.0 Å². The van der Waals surface area contributed by atoms with Gasteiger partial charge in [-0.2, -0.15) is 0 Å². The van der Waals surface area contributed by atoms with E-state index >= 15 is 0 Å². The standard InChI is InChI=1S/C22H26N2O5/c1-27-19-4-2-3-17(9-19)10-23-11-20(29-14-16-5-6-16)12-24(13-21(23)25)22(26)18-7-8-28-15-18/h2-4,7-9,15-16,20H,5-6,10-14H2,1H3. The molecule has 2 aromatic rings. The smallest absolute Gasteiger partial charge is 0.257 e. The molecule has 1 aliphatic carbocycles. The molecule has 1 aromatic carbocycles. The summed E-state index contributed by atoms with van der Waals surface area (Å²) in [6, 6.07) is 9.29. The van der Waals surface area contributed by atoms with Gasteiger partial charge in [-0.1, -0.05) is 12.1 Å². The maximum atomic E-state index is 13.0. The average molecular weight is 398 g/mol. The number of hydrogen-bond acceptors (Lipinski definition) is 5. The van der Waals surface area contributed by atoms with Crippen molar-refractivity contribution in [2.45, 2.75) is 25.5 Å². The van der Waals surface area contributed by atoms with E-state index < -0.39 is 0 Å². The second kappa shape index (κ2) is 8.69. The van der Waals surface area contributed by atoms with Crippen molar-refractivity contribution in [2.75, 3.05) is 33.4 Å². The van der Waals surface area contributed by atoms with Crippen molar-refractivity contribution in [1.82, 2.24) is 9.80 Å². The van der Waals surface area contributed by atoms with E-state index in [0.717, 1.165) is 11.3 Å². The summed E-state index contributed by atoms with van der Waals surface area (Å²) in [4.78, 5) is 29.1. The molecule has 7 heteroatoms. The van der Waals surface area contributed by atoms with Crippen LogP contribution >= 0.6 is 0 Å². The monoisotopic (exact) mass is 398 g/mol. The van der Waals surface area contributed by atoms with Crippen molar-refractivity contribution in [3.8, 4) is 5.75 Å². The molecule has 1 unspecified atom stereocenters. The lowest BCUT2D eigenvalue weighted by molar-refractivity contribution is -0.132. The first-order valence-corrected chi connectivity index (χ1v) is 9.96. The van der Waals surface area contributed by atoms with Crippen molar-refractivity contribution < 1.29 is 23.5 Å². The Hall–Kier alpha value is -2.80. The van der Waals surface area contributed by atoms with Crippen LogP contribution in [0.4, 0.5) is 0 Å². The summed E-state index contributed by atoms with van der Waals surface area (Å²) in [6.45, 7) is 2.00. The molecule has 0 bridgehead atoms. The first kappa shape index (κ1) is 19.5. The van der Waals surface area contributed by atoms with Crippen LogP contribution in [0.25, 0.3) is 0 Å². The van der Waals surface area contributed by atoms with Gasteiger partial charge in [0.2, 0.25) is 5.91 Å². The largest absolute Gasteiger partial charge is 0.497 e. The van der Waals surface area contributed by atoms with Gasteiger partial charge in [-0.15, -0.1) is 0 Å². The molecule has 2 aliphatic rings. The fourth-order valence-electron chi connectivity index (χ4n) is 3.51. The Labute approximate surface area is 170 Å². The van der Waals surface area contributed by atoms with Crippen LogP contribution in [0.15, 0.2) is 47.3 Å². The van der Waals surface area contributed by atoms with Crippen molar-refractivity contribution in [3.63, 3.8) is 0 Å². The summed E-state index contributed by atoms with van der Waals surface area (Å²) < 4.78 is 16.4. The van der Waals surface area contributed by atoms with Crippen LogP contribution in [0.2, 0.25) is 0 Å². The third kappa shape index (κ3) is 4.98. The number of benzene rings is 1. The molecule has 2 heterocycles. The second-order valence-electron chi connectivity index (χ2n) is 7.72. The van der Waals surface area contributed by atoms with Crippen molar-refractivity contribution in [2.24, 2.45) is 5.92 Å². The van der Waals surface area contributed by atoms with Crippen molar-refractivity contribution in [3.05, 3.63) is 54.0 Å². The highest BCUT2D eigenvalue weighted by atomic mass is 16.5. The van der Waals surface area contributed by atoms with E-state index in [1.165, 1.54) is 25.4 Å².